The zero-order chi connectivity index (χ0) is 25.3. The molecule has 37 heavy (non-hydrogen) atoms. The second-order valence-corrected chi connectivity index (χ2v) is 14.5. The summed E-state index contributed by atoms with van der Waals surface area (Å²) in [5, 5.41) is 0. The van der Waals surface area contributed by atoms with Crippen LogP contribution in [0.15, 0.2) is 141 Å². The second-order valence-electron chi connectivity index (χ2n) is 9.01. The van der Waals surface area contributed by atoms with Crippen LogP contribution in [0, 0.1) is 11.8 Å². The molecule has 5 heteroatoms. The molecule has 0 aromatic heterocycles. The maximum Gasteiger partial charge on any atom is 0.142 e. The molecule has 1 fully saturated rings. The lowest BCUT2D eigenvalue weighted by Crippen LogP contribution is -2.37. The largest absolute Gasteiger partial charge is 0.299 e. The lowest BCUT2D eigenvalue weighted by atomic mass is 9.82. The summed E-state index contributed by atoms with van der Waals surface area (Å²) in [4.78, 5) is 19.2. The smallest absolute Gasteiger partial charge is 0.142 e. The van der Waals surface area contributed by atoms with Crippen molar-refractivity contribution in [3.8, 4) is 0 Å². The van der Waals surface area contributed by atoms with Crippen molar-refractivity contribution in [2.45, 2.75) is 48.0 Å². The highest BCUT2D eigenvalue weighted by Gasteiger charge is 2.41. The molecule has 0 aliphatic heterocycles. The van der Waals surface area contributed by atoms with Gasteiger partial charge in [0.05, 0.1) is 9.16 Å². The van der Waals surface area contributed by atoms with Gasteiger partial charge in [-0.2, -0.15) is 0 Å². The Kier molecular flexibility index (Phi) is 9.80. The van der Waals surface area contributed by atoms with E-state index in [1.165, 1.54) is 19.6 Å². The van der Waals surface area contributed by atoms with E-state index in [0.29, 0.717) is 5.78 Å². The molecule has 4 aromatic carbocycles. The van der Waals surface area contributed by atoms with Crippen molar-refractivity contribution in [2.24, 2.45) is 11.8 Å². The molecule has 0 radical (unpaired) electrons. The highest BCUT2D eigenvalue weighted by Crippen LogP contribution is 2.49. The van der Waals surface area contributed by atoms with E-state index >= 15 is 0 Å². The van der Waals surface area contributed by atoms with Crippen molar-refractivity contribution in [2.75, 3.05) is 0 Å². The van der Waals surface area contributed by atoms with Crippen LogP contribution in [0.4, 0.5) is 0 Å². The standard InChI is InChI=1S/C32H30OS4/c33-30-28(31(34-24-14-5-1-6-15-24)35-25-16-7-2-8-17-25)22-13-23-29(30)32(36-26-18-9-3-10-19-26)37-27-20-11-4-12-21-27/h1-12,14-21,28-29,31-32H,13,22-23H2. The van der Waals surface area contributed by atoms with Crippen molar-refractivity contribution in [1.82, 2.24) is 0 Å². The average molecular weight is 559 g/mol. The van der Waals surface area contributed by atoms with Crippen molar-refractivity contribution in [1.29, 1.82) is 0 Å². The van der Waals surface area contributed by atoms with Gasteiger partial charge < -0.3 is 0 Å². The number of Topliss-reactive ketones (excluding diaryl/α,β-unsaturated/α-hetero) is 1. The fourth-order valence-corrected chi connectivity index (χ4v) is 10.4. The number of hydrogen-bond acceptors (Lipinski definition) is 5. The molecule has 1 aliphatic carbocycles. The van der Waals surface area contributed by atoms with Gasteiger partial charge in [-0.15, -0.1) is 47.0 Å². The van der Waals surface area contributed by atoms with Crippen LogP contribution in [-0.2, 0) is 4.79 Å². The van der Waals surface area contributed by atoms with Gasteiger partial charge in [0.2, 0.25) is 0 Å². The number of rotatable bonds is 10. The number of carbonyl (C=O) groups is 1. The molecule has 188 valence electrons. The fraction of sp³-hybridized carbons (Fsp3) is 0.219. The molecule has 0 amide bonds. The molecule has 0 bridgehead atoms. The molecule has 0 N–H and O–H groups in total. The number of carbonyl (C=O) groups excluding carboxylic acids is 1. The van der Waals surface area contributed by atoms with Crippen LogP contribution in [0.5, 0.6) is 0 Å². The molecule has 5 rings (SSSR count). The molecule has 1 saturated carbocycles. The summed E-state index contributed by atoms with van der Waals surface area (Å²) in [6.07, 6.45) is 3.00. The molecular weight excluding hydrogens is 529 g/mol. The first kappa shape index (κ1) is 26.6. The molecule has 2 unspecified atom stereocenters. The lowest BCUT2D eigenvalue weighted by molar-refractivity contribution is -0.128. The third-order valence-corrected chi connectivity index (χ3v) is 12.0. The minimum Gasteiger partial charge on any atom is -0.299 e. The number of benzene rings is 4. The van der Waals surface area contributed by atoms with E-state index in [1.807, 2.05) is 47.0 Å². The van der Waals surface area contributed by atoms with Crippen molar-refractivity contribution in [3.63, 3.8) is 0 Å². The number of thioether (sulfide) groups is 4. The monoisotopic (exact) mass is 558 g/mol. The van der Waals surface area contributed by atoms with E-state index in [1.54, 1.807) is 0 Å². The van der Waals surface area contributed by atoms with Gasteiger partial charge in [-0.25, -0.2) is 0 Å². The van der Waals surface area contributed by atoms with Gasteiger partial charge in [-0.05, 0) is 61.4 Å². The number of hydrogen-bond donors (Lipinski definition) is 0. The molecule has 4 aromatic rings. The van der Waals surface area contributed by atoms with Crippen LogP contribution in [0.1, 0.15) is 19.3 Å². The SMILES string of the molecule is O=C1C(C(Sc2ccccc2)Sc2ccccc2)CCCC1C(Sc1ccccc1)Sc1ccccc1. The summed E-state index contributed by atoms with van der Waals surface area (Å²) in [6, 6.07) is 42.2. The summed E-state index contributed by atoms with van der Waals surface area (Å²) in [5.74, 6) is 0.466. The Morgan fingerprint density at radius 1 is 0.459 bits per heavy atom. The molecule has 0 heterocycles. The van der Waals surface area contributed by atoms with E-state index < -0.39 is 0 Å². The van der Waals surface area contributed by atoms with E-state index in [9.17, 15) is 4.79 Å². The zero-order valence-electron chi connectivity index (χ0n) is 20.5. The van der Waals surface area contributed by atoms with Crippen LogP contribution in [0.2, 0.25) is 0 Å². The summed E-state index contributed by atoms with van der Waals surface area (Å²) in [6.45, 7) is 0. The minimum atomic E-state index is 0.0180. The van der Waals surface area contributed by atoms with Gasteiger partial charge in [0, 0.05) is 31.4 Å². The predicted molar refractivity (Wildman–Crippen MR) is 163 cm³/mol. The molecule has 1 nitrogen and oxygen atoms in total. The maximum atomic E-state index is 14.3. The molecular formula is C32H30OS4. The van der Waals surface area contributed by atoms with Gasteiger partial charge >= 0.3 is 0 Å². The van der Waals surface area contributed by atoms with Crippen LogP contribution in [0.25, 0.3) is 0 Å². The topological polar surface area (TPSA) is 17.1 Å². The summed E-state index contributed by atoms with van der Waals surface area (Å²) in [5.41, 5.74) is 0. The van der Waals surface area contributed by atoms with Gasteiger partial charge in [0.25, 0.3) is 0 Å². The number of ketones is 1. The first-order valence-electron chi connectivity index (χ1n) is 12.7. The Bertz CT molecular complexity index is 1060. The second kappa shape index (κ2) is 13.7. The van der Waals surface area contributed by atoms with Crippen molar-refractivity contribution >= 4 is 52.8 Å². The van der Waals surface area contributed by atoms with E-state index in [-0.39, 0.29) is 21.0 Å². The van der Waals surface area contributed by atoms with Gasteiger partial charge in [-0.1, -0.05) is 79.2 Å². The van der Waals surface area contributed by atoms with Crippen molar-refractivity contribution in [3.05, 3.63) is 121 Å². The summed E-state index contributed by atoms with van der Waals surface area (Å²) >= 11 is 7.38. The highest BCUT2D eigenvalue weighted by molar-refractivity contribution is 8.17. The first-order chi connectivity index (χ1) is 18.3. The lowest BCUT2D eigenvalue weighted by Gasteiger charge is -2.36. The van der Waals surface area contributed by atoms with Crippen molar-refractivity contribution < 1.29 is 4.79 Å². The maximum absolute atomic E-state index is 14.3. The quantitative estimate of drug-likeness (QED) is 0.142. The normalized spacial score (nSPS) is 17.8. The third-order valence-electron chi connectivity index (χ3n) is 6.40. The van der Waals surface area contributed by atoms with Gasteiger partial charge in [0.15, 0.2) is 0 Å². The molecule has 0 saturated heterocycles. The van der Waals surface area contributed by atoms with E-state index in [4.69, 9.17) is 0 Å². The Hall–Kier alpha value is -2.05. The van der Waals surface area contributed by atoms with E-state index in [2.05, 4.69) is 121 Å². The Morgan fingerprint density at radius 3 is 1.00 bits per heavy atom. The zero-order valence-corrected chi connectivity index (χ0v) is 23.8. The fourth-order valence-electron chi connectivity index (χ4n) is 4.57. The third kappa shape index (κ3) is 7.51. The van der Waals surface area contributed by atoms with E-state index in [0.717, 1.165) is 19.3 Å². The first-order valence-corrected chi connectivity index (χ1v) is 16.2. The van der Waals surface area contributed by atoms with Gasteiger partial charge in [-0.3, -0.25) is 4.79 Å². The van der Waals surface area contributed by atoms with Crippen LogP contribution < -0.4 is 0 Å². The van der Waals surface area contributed by atoms with Crippen LogP contribution in [0.3, 0.4) is 0 Å². The average Bonchev–Trinajstić information content (AvgIpc) is 2.95. The predicted octanol–water partition coefficient (Wildman–Crippen LogP) is 9.79. The summed E-state index contributed by atoms with van der Waals surface area (Å²) in [7, 11) is 0. The molecule has 1 aliphatic rings. The highest BCUT2D eigenvalue weighted by atomic mass is 32.2. The summed E-state index contributed by atoms with van der Waals surface area (Å²) < 4.78 is 0.286. The Morgan fingerprint density at radius 2 is 0.730 bits per heavy atom. The Balaban J connectivity index is 1.41. The minimum absolute atomic E-state index is 0.0180. The molecule has 0 spiro atoms. The van der Waals surface area contributed by atoms with Gasteiger partial charge in [0.1, 0.15) is 5.78 Å². The Labute approximate surface area is 237 Å². The van der Waals surface area contributed by atoms with Crippen LogP contribution >= 0.6 is 47.0 Å². The van der Waals surface area contributed by atoms with Crippen LogP contribution in [-0.4, -0.2) is 14.9 Å². The molecule has 2 atom stereocenters.